The number of rotatable bonds is 6. The fourth-order valence-electron chi connectivity index (χ4n) is 4.97. The molecule has 1 fully saturated rings. The lowest BCUT2D eigenvalue weighted by atomic mass is 10.0. The van der Waals surface area contributed by atoms with Gasteiger partial charge in [-0.2, -0.15) is 0 Å². The highest BCUT2D eigenvalue weighted by atomic mass is 35.5. The molecule has 0 saturated heterocycles. The summed E-state index contributed by atoms with van der Waals surface area (Å²) in [4.78, 5) is 40.4. The fourth-order valence-corrected chi connectivity index (χ4v) is 5.17. The molecule has 2 aliphatic rings. The van der Waals surface area contributed by atoms with Crippen LogP contribution in [0.5, 0.6) is 5.75 Å². The SMILES string of the molecule is CCN1C(=O)c2c(O)c(=O)c(C(=O)NCc3cccc(Cl)c3F)cn2[C@H]2C[C@@H](COC)C[C@H]21. The molecule has 0 radical (unpaired) electrons. The summed E-state index contributed by atoms with van der Waals surface area (Å²) in [5.41, 5.74) is -1.21. The summed E-state index contributed by atoms with van der Waals surface area (Å²) in [6.07, 6.45) is 2.73. The topological polar surface area (TPSA) is 101 Å². The molecule has 2 heterocycles. The highest BCUT2D eigenvalue weighted by Gasteiger charge is 2.46. The summed E-state index contributed by atoms with van der Waals surface area (Å²) in [7, 11) is 1.62. The molecule has 10 heteroatoms. The summed E-state index contributed by atoms with van der Waals surface area (Å²) < 4.78 is 21.0. The number of aromatic hydroxyl groups is 1. The number of hydrogen-bond acceptors (Lipinski definition) is 5. The number of halogens is 2. The Morgan fingerprint density at radius 1 is 1.30 bits per heavy atom. The molecule has 8 nitrogen and oxygen atoms in total. The quantitative estimate of drug-likeness (QED) is 0.666. The van der Waals surface area contributed by atoms with Crippen LogP contribution in [0.2, 0.25) is 5.02 Å². The summed E-state index contributed by atoms with van der Waals surface area (Å²) in [5.74, 6) is -2.44. The molecule has 2 aromatic rings. The number of nitrogens with one attached hydrogen (secondary N) is 1. The predicted molar refractivity (Wildman–Crippen MR) is 119 cm³/mol. The van der Waals surface area contributed by atoms with Crippen molar-refractivity contribution in [3.63, 3.8) is 0 Å². The van der Waals surface area contributed by atoms with Gasteiger partial charge in [0.05, 0.1) is 17.1 Å². The lowest BCUT2D eigenvalue weighted by molar-refractivity contribution is 0.0559. The van der Waals surface area contributed by atoms with E-state index in [-0.39, 0.29) is 46.4 Å². The number of fused-ring (bicyclic) bond motifs is 3. The second kappa shape index (κ2) is 9.15. The van der Waals surface area contributed by atoms with Crippen LogP contribution in [0.25, 0.3) is 0 Å². The van der Waals surface area contributed by atoms with E-state index in [2.05, 4.69) is 5.32 Å². The Bertz CT molecular complexity index is 1170. The van der Waals surface area contributed by atoms with Crippen molar-refractivity contribution in [1.82, 2.24) is 14.8 Å². The monoisotopic (exact) mass is 477 g/mol. The summed E-state index contributed by atoms with van der Waals surface area (Å²) in [6.45, 7) is 2.61. The number of carbonyl (C=O) groups excluding carboxylic acids is 2. The zero-order valence-corrected chi connectivity index (χ0v) is 19.1. The molecular weight excluding hydrogens is 453 g/mol. The van der Waals surface area contributed by atoms with Gasteiger partial charge >= 0.3 is 0 Å². The first-order valence-electron chi connectivity index (χ1n) is 10.8. The average molecular weight is 478 g/mol. The molecule has 176 valence electrons. The number of hydrogen-bond donors (Lipinski definition) is 2. The van der Waals surface area contributed by atoms with Gasteiger partial charge in [-0.1, -0.05) is 23.7 Å². The van der Waals surface area contributed by atoms with Gasteiger partial charge in [0.1, 0.15) is 11.4 Å². The zero-order chi connectivity index (χ0) is 23.9. The van der Waals surface area contributed by atoms with Gasteiger partial charge in [0, 0.05) is 38.6 Å². The third-order valence-electron chi connectivity index (χ3n) is 6.48. The Kier molecular flexibility index (Phi) is 6.45. The molecule has 1 aromatic carbocycles. The number of carbonyl (C=O) groups is 2. The van der Waals surface area contributed by atoms with E-state index in [1.807, 2.05) is 6.92 Å². The summed E-state index contributed by atoms with van der Waals surface area (Å²) >= 11 is 5.78. The van der Waals surface area contributed by atoms with Crippen molar-refractivity contribution >= 4 is 23.4 Å². The Labute approximate surface area is 194 Å². The van der Waals surface area contributed by atoms with E-state index in [0.717, 1.165) is 6.42 Å². The summed E-state index contributed by atoms with van der Waals surface area (Å²) in [6, 6.07) is 4.07. The van der Waals surface area contributed by atoms with Crippen molar-refractivity contribution in [2.75, 3.05) is 20.3 Å². The number of pyridine rings is 1. The first kappa shape index (κ1) is 23.3. The van der Waals surface area contributed by atoms with Gasteiger partial charge in [-0.25, -0.2) is 4.39 Å². The van der Waals surface area contributed by atoms with Crippen LogP contribution in [-0.4, -0.2) is 52.7 Å². The number of benzene rings is 1. The van der Waals surface area contributed by atoms with Gasteiger partial charge in [0.15, 0.2) is 11.4 Å². The normalized spacial score (nSPS) is 21.6. The second-order valence-electron chi connectivity index (χ2n) is 8.39. The van der Waals surface area contributed by atoms with E-state index in [1.54, 1.807) is 22.6 Å². The molecule has 0 unspecified atom stereocenters. The van der Waals surface area contributed by atoms with Gasteiger partial charge in [-0.3, -0.25) is 14.4 Å². The standard InChI is InChI=1S/C23H25ClFN3O5/c1-3-27-16-7-12(11-33-2)8-17(16)28-10-14(20(29)21(30)19(28)23(27)32)22(31)26-9-13-5-4-6-15(24)18(13)25/h4-6,10,12,16-17,30H,3,7-9,11H2,1-2H3,(H,26,31)/t12-,16+,17-/m0/s1. The van der Waals surface area contributed by atoms with Crippen LogP contribution in [0.4, 0.5) is 4.39 Å². The number of amides is 2. The first-order chi connectivity index (χ1) is 15.8. The van der Waals surface area contributed by atoms with E-state index < -0.39 is 28.8 Å². The first-order valence-corrected chi connectivity index (χ1v) is 11.1. The fraction of sp³-hybridized carbons (Fsp3) is 0.435. The Hall–Kier alpha value is -2.91. The molecule has 0 spiro atoms. The van der Waals surface area contributed by atoms with Crippen molar-refractivity contribution < 1.29 is 23.8 Å². The minimum Gasteiger partial charge on any atom is -0.503 e. The smallest absolute Gasteiger partial charge is 0.274 e. The van der Waals surface area contributed by atoms with E-state index in [9.17, 15) is 23.9 Å². The van der Waals surface area contributed by atoms with Crippen molar-refractivity contribution in [2.45, 2.75) is 38.4 Å². The predicted octanol–water partition coefficient (Wildman–Crippen LogP) is 2.72. The Morgan fingerprint density at radius 3 is 2.73 bits per heavy atom. The van der Waals surface area contributed by atoms with Gasteiger partial charge < -0.3 is 24.6 Å². The van der Waals surface area contributed by atoms with Crippen LogP contribution < -0.4 is 10.7 Å². The molecule has 1 aliphatic heterocycles. The van der Waals surface area contributed by atoms with Crippen molar-refractivity contribution in [1.29, 1.82) is 0 Å². The van der Waals surface area contributed by atoms with Crippen molar-refractivity contribution in [2.24, 2.45) is 5.92 Å². The Morgan fingerprint density at radius 2 is 2.03 bits per heavy atom. The van der Waals surface area contributed by atoms with E-state index in [4.69, 9.17) is 16.3 Å². The van der Waals surface area contributed by atoms with Crippen LogP contribution in [0.3, 0.4) is 0 Å². The van der Waals surface area contributed by atoms with Crippen molar-refractivity contribution in [3.8, 4) is 5.75 Å². The number of methoxy groups -OCH3 is 1. The van der Waals surface area contributed by atoms with Gasteiger partial charge in [-0.05, 0) is 31.7 Å². The third kappa shape index (κ3) is 4.00. The van der Waals surface area contributed by atoms with Gasteiger partial charge in [-0.15, -0.1) is 0 Å². The van der Waals surface area contributed by atoms with Crippen LogP contribution in [0, 0.1) is 11.7 Å². The number of aromatic nitrogens is 1. The zero-order valence-electron chi connectivity index (χ0n) is 18.3. The minimum absolute atomic E-state index is 0.0786. The average Bonchev–Trinajstić information content (AvgIpc) is 3.20. The van der Waals surface area contributed by atoms with E-state index in [0.29, 0.717) is 19.6 Å². The van der Waals surface area contributed by atoms with Crippen LogP contribution in [0.1, 0.15) is 52.2 Å². The molecule has 1 saturated carbocycles. The van der Waals surface area contributed by atoms with Crippen LogP contribution in [0.15, 0.2) is 29.2 Å². The van der Waals surface area contributed by atoms with Crippen LogP contribution in [-0.2, 0) is 11.3 Å². The highest BCUT2D eigenvalue weighted by Crippen LogP contribution is 2.43. The van der Waals surface area contributed by atoms with Crippen molar-refractivity contribution in [3.05, 3.63) is 62.3 Å². The number of likely N-dealkylation sites (N-methyl/N-ethyl adjacent to an activating group) is 1. The maximum absolute atomic E-state index is 14.1. The maximum atomic E-state index is 14.1. The highest BCUT2D eigenvalue weighted by molar-refractivity contribution is 6.30. The molecule has 1 aromatic heterocycles. The lowest BCUT2D eigenvalue weighted by Gasteiger charge is -2.39. The molecule has 2 N–H and O–H groups in total. The molecular formula is C23H25ClFN3O5. The minimum atomic E-state index is -0.945. The summed E-state index contributed by atoms with van der Waals surface area (Å²) in [5, 5.41) is 13.1. The molecule has 1 aliphatic carbocycles. The Balaban J connectivity index is 1.69. The molecule has 0 bridgehead atoms. The maximum Gasteiger partial charge on any atom is 0.274 e. The molecule has 2 amide bonds. The third-order valence-corrected chi connectivity index (χ3v) is 6.78. The number of nitrogens with zero attached hydrogens (tertiary/aromatic N) is 2. The number of ether oxygens (including phenoxy) is 1. The van der Waals surface area contributed by atoms with E-state index in [1.165, 1.54) is 18.3 Å². The second-order valence-corrected chi connectivity index (χ2v) is 8.80. The lowest BCUT2D eigenvalue weighted by Crippen LogP contribution is -2.49. The molecule has 33 heavy (non-hydrogen) atoms. The van der Waals surface area contributed by atoms with Crippen LogP contribution >= 0.6 is 11.6 Å². The van der Waals surface area contributed by atoms with Gasteiger partial charge in [0.25, 0.3) is 11.8 Å². The molecule has 3 atom stereocenters. The van der Waals surface area contributed by atoms with Gasteiger partial charge in [0.2, 0.25) is 5.43 Å². The van der Waals surface area contributed by atoms with E-state index >= 15 is 0 Å². The molecule has 4 rings (SSSR count). The largest absolute Gasteiger partial charge is 0.503 e.